The van der Waals surface area contributed by atoms with E-state index in [2.05, 4.69) is 4.90 Å². The molecule has 16 heavy (non-hydrogen) atoms. The molecule has 2 N–H and O–H groups in total. The molecule has 1 aliphatic rings. The molecule has 1 aliphatic heterocycles. The second-order valence-corrected chi connectivity index (χ2v) is 4.57. The number of ether oxygens (including phenoxy) is 1. The van der Waals surface area contributed by atoms with Gasteiger partial charge in [0.25, 0.3) is 0 Å². The van der Waals surface area contributed by atoms with Crippen LogP contribution in [0, 0.1) is 0 Å². The minimum absolute atomic E-state index is 0.274. The molecule has 1 aromatic rings. The van der Waals surface area contributed by atoms with E-state index in [0.717, 1.165) is 37.4 Å². The van der Waals surface area contributed by atoms with Crippen molar-refractivity contribution in [2.24, 2.45) is 5.73 Å². The fourth-order valence-electron chi connectivity index (χ4n) is 2.09. The van der Waals surface area contributed by atoms with Gasteiger partial charge >= 0.3 is 0 Å². The highest BCUT2D eigenvalue weighted by molar-refractivity contribution is 6.32. The van der Waals surface area contributed by atoms with Gasteiger partial charge in [-0.1, -0.05) is 11.6 Å². The third kappa shape index (κ3) is 2.42. The predicted octanol–water partition coefficient (Wildman–Crippen LogP) is 2.28. The average Bonchev–Trinajstić information content (AvgIpc) is 2.29. The summed E-state index contributed by atoms with van der Waals surface area (Å²) in [6.45, 7) is 1.96. The van der Waals surface area contributed by atoms with Gasteiger partial charge in [0.1, 0.15) is 5.75 Å². The van der Waals surface area contributed by atoms with Crippen LogP contribution in [-0.4, -0.2) is 26.2 Å². The Morgan fingerprint density at radius 2 is 2.31 bits per heavy atom. The molecule has 0 radical (unpaired) electrons. The smallest absolute Gasteiger partial charge is 0.139 e. The molecule has 1 saturated heterocycles. The van der Waals surface area contributed by atoms with Crippen molar-refractivity contribution in [3.63, 3.8) is 0 Å². The van der Waals surface area contributed by atoms with E-state index in [0.29, 0.717) is 5.02 Å². The Bertz CT molecular complexity index is 370. The van der Waals surface area contributed by atoms with Gasteiger partial charge in [-0.15, -0.1) is 0 Å². The second kappa shape index (κ2) is 4.93. The molecule has 88 valence electrons. The molecule has 0 spiro atoms. The summed E-state index contributed by atoms with van der Waals surface area (Å²) in [5.74, 6) is 0.721. The predicted molar refractivity (Wildman–Crippen MR) is 67.4 cm³/mol. The molecule has 1 fully saturated rings. The Labute approximate surface area is 101 Å². The number of methoxy groups -OCH3 is 1. The van der Waals surface area contributed by atoms with Crippen molar-refractivity contribution in [3.8, 4) is 5.75 Å². The Hall–Kier alpha value is -0.930. The Balaban J connectivity index is 2.19. The van der Waals surface area contributed by atoms with Crippen molar-refractivity contribution in [3.05, 3.63) is 23.2 Å². The Morgan fingerprint density at radius 1 is 1.50 bits per heavy atom. The largest absolute Gasteiger partial charge is 0.495 e. The van der Waals surface area contributed by atoms with Gasteiger partial charge in [0.05, 0.1) is 12.1 Å². The van der Waals surface area contributed by atoms with Crippen molar-refractivity contribution >= 4 is 17.3 Å². The van der Waals surface area contributed by atoms with E-state index in [-0.39, 0.29) is 6.04 Å². The summed E-state index contributed by atoms with van der Waals surface area (Å²) in [6, 6.07) is 6.13. The summed E-state index contributed by atoms with van der Waals surface area (Å²) in [7, 11) is 1.63. The number of rotatable bonds is 2. The van der Waals surface area contributed by atoms with Crippen LogP contribution >= 0.6 is 11.6 Å². The summed E-state index contributed by atoms with van der Waals surface area (Å²) in [5, 5.41) is 0.646. The third-order valence-electron chi connectivity index (χ3n) is 2.96. The molecule has 1 atom stereocenters. The van der Waals surface area contributed by atoms with Crippen LogP contribution in [0.2, 0.25) is 5.02 Å². The van der Waals surface area contributed by atoms with E-state index < -0.39 is 0 Å². The molecular formula is C12H17ClN2O. The minimum atomic E-state index is 0.274. The topological polar surface area (TPSA) is 38.5 Å². The molecule has 0 aromatic heterocycles. The zero-order valence-electron chi connectivity index (χ0n) is 9.45. The van der Waals surface area contributed by atoms with Gasteiger partial charge in [0.2, 0.25) is 0 Å². The van der Waals surface area contributed by atoms with Gasteiger partial charge in [-0.3, -0.25) is 0 Å². The van der Waals surface area contributed by atoms with Crippen LogP contribution in [0.25, 0.3) is 0 Å². The SMILES string of the molecule is COc1cc(N2CCCC(N)C2)ccc1Cl. The number of nitrogens with two attached hydrogens (primary N) is 1. The highest BCUT2D eigenvalue weighted by Crippen LogP contribution is 2.30. The van der Waals surface area contributed by atoms with Gasteiger partial charge in [0.15, 0.2) is 0 Å². The van der Waals surface area contributed by atoms with E-state index in [1.807, 2.05) is 18.2 Å². The number of halogens is 1. The zero-order chi connectivity index (χ0) is 11.5. The number of hydrogen-bond donors (Lipinski definition) is 1. The zero-order valence-corrected chi connectivity index (χ0v) is 10.2. The fourth-order valence-corrected chi connectivity index (χ4v) is 2.28. The lowest BCUT2D eigenvalue weighted by Gasteiger charge is -2.32. The van der Waals surface area contributed by atoms with Crippen LogP contribution in [-0.2, 0) is 0 Å². The van der Waals surface area contributed by atoms with Crippen LogP contribution in [0.5, 0.6) is 5.75 Å². The van der Waals surface area contributed by atoms with E-state index in [1.54, 1.807) is 7.11 Å². The first kappa shape index (κ1) is 11.6. The summed E-state index contributed by atoms with van der Waals surface area (Å²) in [6.07, 6.45) is 2.26. The number of anilines is 1. The van der Waals surface area contributed by atoms with E-state index >= 15 is 0 Å². The lowest BCUT2D eigenvalue weighted by molar-refractivity contribution is 0.414. The van der Waals surface area contributed by atoms with E-state index in [1.165, 1.54) is 0 Å². The Morgan fingerprint density at radius 3 is 3.00 bits per heavy atom. The molecule has 3 nitrogen and oxygen atoms in total. The monoisotopic (exact) mass is 240 g/mol. The van der Waals surface area contributed by atoms with Crippen molar-refractivity contribution in [1.29, 1.82) is 0 Å². The molecule has 0 aliphatic carbocycles. The summed E-state index contributed by atoms with van der Waals surface area (Å²) < 4.78 is 5.21. The number of hydrogen-bond acceptors (Lipinski definition) is 3. The average molecular weight is 241 g/mol. The van der Waals surface area contributed by atoms with Crippen molar-refractivity contribution in [1.82, 2.24) is 0 Å². The summed E-state index contributed by atoms with van der Waals surface area (Å²) in [4.78, 5) is 2.28. The molecule has 1 unspecified atom stereocenters. The van der Waals surface area contributed by atoms with Gasteiger partial charge in [0, 0.05) is 30.9 Å². The van der Waals surface area contributed by atoms with Crippen LogP contribution in [0.3, 0.4) is 0 Å². The molecule has 0 bridgehead atoms. The molecule has 0 amide bonds. The van der Waals surface area contributed by atoms with Crippen molar-refractivity contribution in [2.45, 2.75) is 18.9 Å². The summed E-state index contributed by atoms with van der Waals surface area (Å²) >= 11 is 6.00. The van der Waals surface area contributed by atoms with Crippen molar-refractivity contribution in [2.75, 3.05) is 25.1 Å². The first-order valence-electron chi connectivity index (χ1n) is 5.55. The maximum absolute atomic E-state index is 6.00. The molecule has 1 aromatic carbocycles. The van der Waals surface area contributed by atoms with Gasteiger partial charge in [-0.2, -0.15) is 0 Å². The Kier molecular flexibility index (Phi) is 3.56. The molecule has 1 heterocycles. The quantitative estimate of drug-likeness (QED) is 0.862. The van der Waals surface area contributed by atoms with Crippen LogP contribution in [0.1, 0.15) is 12.8 Å². The number of benzene rings is 1. The third-order valence-corrected chi connectivity index (χ3v) is 3.27. The first-order chi connectivity index (χ1) is 7.70. The van der Waals surface area contributed by atoms with Gasteiger partial charge in [-0.05, 0) is 25.0 Å². The lowest BCUT2D eigenvalue weighted by Crippen LogP contribution is -2.42. The highest BCUT2D eigenvalue weighted by atomic mass is 35.5. The van der Waals surface area contributed by atoms with Crippen molar-refractivity contribution < 1.29 is 4.74 Å². The molecule has 4 heteroatoms. The fraction of sp³-hybridized carbons (Fsp3) is 0.500. The standard InChI is InChI=1S/C12H17ClN2O/c1-16-12-7-10(4-5-11(12)13)15-6-2-3-9(14)8-15/h4-5,7,9H,2-3,6,8,14H2,1H3. The number of nitrogens with zero attached hydrogens (tertiary/aromatic N) is 1. The van der Waals surface area contributed by atoms with E-state index in [9.17, 15) is 0 Å². The van der Waals surface area contributed by atoms with Crippen LogP contribution in [0.15, 0.2) is 18.2 Å². The molecule has 0 saturated carbocycles. The maximum atomic E-state index is 6.00. The second-order valence-electron chi connectivity index (χ2n) is 4.17. The van der Waals surface area contributed by atoms with Crippen LogP contribution in [0.4, 0.5) is 5.69 Å². The van der Waals surface area contributed by atoms with Gasteiger partial charge in [-0.25, -0.2) is 0 Å². The molecule has 2 rings (SSSR count). The lowest BCUT2D eigenvalue weighted by atomic mass is 10.1. The van der Waals surface area contributed by atoms with Crippen LogP contribution < -0.4 is 15.4 Å². The number of piperidine rings is 1. The highest BCUT2D eigenvalue weighted by Gasteiger charge is 2.17. The van der Waals surface area contributed by atoms with E-state index in [4.69, 9.17) is 22.1 Å². The maximum Gasteiger partial charge on any atom is 0.139 e. The normalized spacial score (nSPS) is 20.9. The minimum Gasteiger partial charge on any atom is -0.495 e. The molecular weight excluding hydrogens is 224 g/mol. The van der Waals surface area contributed by atoms with Gasteiger partial charge < -0.3 is 15.4 Å². The first-order valence-corrected chi connectivity index (χ1v) is 5.92. The summed E-state index contributed by atoms with van der Waals surface area (Å²) in [5.41, 5.74) is 7.10.